The number of carbonyl (C=O) groups excluding carboxylic acids is 2. The van der Waals surface area contributed by atoms with Gasteiger partial charge in [-0.25, -0.2) is 4.79 Å². The molecule has 0 aromatic heterocycles. The van der Waals surface area contributed by atoms with Gasteiger partial charge in [0.25, 0.3) is 0 Å². The molecule has 0 fully saturated rings. The molecule has 0 unspecified atom stereocenters. The first-order chi connectivity index (χ1) is 6.11. The third kappa shape index (κ3) is 4.98. The van der Waals surface area contributed by atoms with Crippen LogP contribution in [0.5, 0.6) is 0 Å². The molecule has 0 amide bonds. The molecule has 0 radical (unpaired) electrons. The standard InChI is InChI=1S/C9H9ClO3/c1-3-7(2)9(12)13-8(11)5-4-6-10/h3-4,6H,1-2,5H2. The average molecular weight is 201 g/mol. The van der Waals surface area contributed by atoms with Crippen LogP contribution < -0.4 is 0 Å². The van der Waals surface area contributed by atoms with E-state index in [1.165, 1.54) is 17.7 Å². The topological polar surface area (TPSA) is 43.4 Å². The molecule has 0 saturated heterocycles. The summed E-state index contributed by atoms with van der Waals surface area (Å²) in [7, 11) is 0. The van der Waals surface area contributed by atoms with E-state index in [4.69, 9.17) is 11.6 Å². The highest BCUT2D eigenvalue weighted by atomic mass is 35.5. The van der Waals surface area contributed by atoms with Gasteiger partial charge in [0.1, 0.15) is 0 Å². The minimum atomic E-state index is -0.789. The summed E-state index contributed by atoms with van der Waals surface area (Å²) in [5, 5.41) is 0. The zero-order valence-corrected chi connectivity index (χ0v) is 7.71. The smallest absolute Gasteiger partial charge is 0.345 e. The number of ether oxygens (including phenoxy) is 1. The lowest BCUT2D eigenvalue weighted by Gasteiger charge is -1.99. The largest absolute Gasteiger partial charge is 0.389 e. The van der Waals surface area contributed by atoms with Crippen LogP contribution in [-0.4, -0.2) is 11.9 Å². The van der Waals surface area contributed by atoms with Crippen molar-refractivity contribution in [3.05, 3.63) is 36.4 Å². The van der Waals surface area contributed by atoms with Crippen molar-refractivity contribution >= 4 is 23.5 Å². The molecular weight excluding hydrogens is 192 g/mol. The van der Waals surface area contributed by atoms with Gasteiger partial charge in [0.2, 0.25) is 0 Å². The zero-order chi connectivity index (χ0) is 10.3. The number of hydrogen-bond acceptors (Lipinski definition) is 3. The highest BCUT2D eigenvalue weighted by molar-refractivity contribution is 6.25. The highest BCUT2D eigenvalue weighted by Crippen LogP contribution is 1.98. The van der Waals surface area contributed by atoms with E-state index < -0.39 is 11.9 Å². The predicted molar refractivity (Wildman–Crippen MR) is 50.0 cm³/mol. The van der Waals surface area contributed by atoms with Crippen LogP contribution in [-0.2, 0) is 14.3 Å². The first kappa shape index (κ1) is 11.6. The van der Waals surface area contributed by atoms with Gasteiger partial charge in [-0.15, -0.1) is 0 Å². The summed E-state index contributed by atoms with van der Waals surface area (Å²) >= 11 is 5.16. The minimum absolute atomic E-state index is 0.0420. The van der Waals surface area contributed by atoms with Crippen molar-refractivity contribution in [3.63, 3.8) is 0 Å². The van der Waals surface area contributed by atoms with E-state index in [2.05, 4.69) is 17.9 Å². The summed E-state index contributed by atoms with van der Waals surface area (Å²) in [6.07, 6.45) is 2.54. The molecule has 0 rings (SSSR count). The molecule has 4 heteroatoms. The van der Waals surface area contributed by atoms with Crippen LogP contribution in [0.4, 0.5) is 0 Å². The third-order valence-corrected chi connectivity index (χ3v) is 1.27. The second-order valence-electron chi connectivity index (χ2n) is 2.06. The van der Waals surface area contributed by atoms with Crippen molar-refractivity contribution in [1.29, 1.82) is 0 Å². The van der Waals surface area contributed by atoms with Gasteiger partial charge in [0.15, 0.2) is 0 Å². The number of rotatable bonds is 4. The van der Waals surface area contributed by atoms with E-state index in [0.717, 1.165) is 0 Å². The molecule has 70 valence electrons. The quantitative estimate of drug-likeness (QED) is 0.302. The van der Waals surface area contributed by atoms with Crippen molar-refractivity contribution in [3.8, 4) is 0 Å². The lowest BCUT2D eigenvalue weighted by molar-refractivity contribution is -0.155. The zero-order valence-electron chi connectivity index (χ0n) is 6.96. The van der Waals surface area contributed by atoms with Gasteiger partial charge in [0, 0.05) is 5.54 Å². The second kappa shape index (κ2) is 6.20. The molecule has 0 saturated carbocycles. The Bertz CT molecular complexity index is 266. The summed E-state index contributed by atoms with van der Waals surface area (Å²) in [4.78, 5) is 21.7. The fraction of sp³-hybridized carbons (Fsp3) is 0.111. The number of esters is 2. The summed E-state index contributed by atoms with van der Waals surface area (Å²) in [5.74, 6) is -1.46. The van der Waals surface area contributed by atoms with Crippen LogP contribution in [0.1, 0.15) is 6.42 Å². The highest BCUT2D eigenvalue weighted by Gasteiger charge is 2.09. The Hall–Kier alpha value is -1.35. The SMILES string of the molecule is C=CC(=C)C(=O)OC(=O)CC=CCl. The second-order valence-corrected chi connectivity index (χ2v) is 2.31. The molecule has 0 heterocycles. The summed E-state index contributed by atoms with van der Waals surface area (Å²) in [5.41, 5.74) is 1.22. The maximum atomic E-state index is 10.9. The number of hydrogen-bond donors (Lipinski definition) is 0. The van der Waals surface area contributed by atoms with Gasteiger partial charge in [-0.2, -0.15) is 0 Å². The third-order valence-electron chi connectivity index (χ3n) is 1.09. The van der Waals surface area contributed by atoms with Gasteiger partial charge in [-0.3, -0.25) is 4.79 Å². The molecule has 0 aliphatic heterocycles. The lowest BCUT2D eigenvalue weighted by atomic mass is 10.3. The van der Waals surface area contributed by atoms with E-state index in [1.54, 1.807) is 0 Å². The Balaban J connectivity index is 3.99. The molecule has 3 nitrogen and oxygen atoms in total. The van der Waals surface area contributed by atoms with Crippen molar-refractivity contribution in [1.82, 2.24) is 0 Å². The van der Waals surface area contributed by atoms with Gasteiger partial charge in [-0.1, -0.05) is 36.9 Å². The molecular formula is C9H9ClO3. The first-order valence-electron chi connectivity index (χ1n) is 3.43. The molecule has 0 N–H and O–H groups in total. The van der Waals surface area contributed by atoms with Crippen molar-refractivity contribution in [2.75, 3.05) is 0 Å². The normalized spacial score (nSPS) is 9.62. The molecule has 0 aliphatic rings. The Morgan fingerprint density at radius 3 is 2.54 bits per heavy atom. The molecule has 0 spiro atoms. The Kier molecular flexibility index (Phi) is 5.55. The van der Waals surface area contributed by atoms with Gasteiger partial charge in [0.05, 0.1) is 12.0 Å². The monoisotopic (exact) mass is 200 g/mol. The van der Waals surface area contributed by atoms with Crippen LogP contribution in [0, 0.1) is 0 Å². The summed E-state index contributed by atoms with van der Waals surface area (Å²) in [6, 6.07) is 0. The Labute approximate surface area is 81.3 Å². The van der Waals surface area contributed by atoms with Crippen LogP contribution in [0.3, 0.4) is 0 Å². The van der Waals surface area contributed by atoms with E-state index >= 15 is 0 Å². The fourth-order valence-electron chi connectivity index (χ4n) is 0.435. The number of halogens is 1. The van der Waals surface area contributed by atoms with Crippen LogP contribution in [0.15, 0.2) is 36.4 Å². The van der Waals surface area contributed by atoms with Gasteiger partial charge in [-0.05, 0) is 0 Å². The molecule has 0 bridgehead atoms. The first-order valence-corrected chi connectivity index (χ1v) is 3.87. The maximum absolute atomic E-state index is 10.9. The molecule has 0 aliphatic carbocycles. The van der Waals surface area contributed by atoms with E-state index in [-0.39, 0.29) is 12.0 Å². The van der Waals surface area contributed by atoms with Crippen LogP contribution in [0.2, 0.25) is 0 Å². The fourth-order valence-corrected chi connectivity index (χ4v) is 0.524. The van der Waals surface area contributed by atoms with E-state index in [9.17, 15) is 9.59 Å². The maximum Gasteiger partial charge on any atom is 0.345 e. The summed E-state index contributed by atoms with van der Waals surface area (Å²) in [6.45, 7) is 6.62. The number of carbonyl (C=O) groups is 2. The van der Waals surface area contributed by atoms with Crippen molar-refractivity contribution in [2.24, 2.45) is 0 Å². The molecule has 13 heavy (non-hydrogen) atoms. The Morgan fingerprint density at radius 2 is 2.08 bits per heavy atom. The Morgan fingerprint density at radius 1 is 1.46 bits per heavy atom. The average Bonchev–Trinajstić information content (AvgIpc) is 2.13. The minimum Gasteiger partial charge on any atom is -0.389 e. The van der Waals surface area contributed by atoms with Gasteiger partial charge >= 0.3 is 11.9 Å². The van der Waals surface area contributed by atoms with Gasteiger partial charge < -0.3 is 4.74 Å². The van der Waals surface area contributed by atoms with Crippen molar-refractivity contribution < 1.29 is 14.3 Å². The summed E-state index contributed by atoms with van der Waals surface area (Å²) < 4.78 is 4.35. The van der Waals surface area contributed by atoms with Crippen LogP contribution in [0.25, 0.3) is 0 Å². The van der Waals surface area contributed by atoms with E-state index in [0.29, 0.717) is 0 Å². The molecule has 0 aromatic carbocycles. The van der Waals surface area contributed by atoms with Crippen LogP contribution >= 0.6 is 11.6 Å². The predicted octanol–water partition coefficient (Wildman–Crippen LogP) is 1.94. The lowest BCUT2D eigenvalue weighted by Crippen LogP contribution is -2.11. The van der Waals surface area contributed by atoms with E-state index in [1.807, 2.05) is 0 Å². The molecule has 0 atom stereocenters. The molecule has 0 aromatic rings. The van der Waals surface area contributed by atoms with Crippen molar-refractivity contribution in [2.45, 2.75) is 6.42 Å².